The maximum atomic E-state index is 13.9. The van der Waals surface area contributed by atoms with Crippen molar-refractivity contribution in [3.05, 3.63) is 70.5 Å². The number of benzene rings is 2. The van der Waals surface area contributed by atoms with Gasteiger partial charge in [-0.25, -0.2) is 22.0 Å². The lowest BCUT2D eigenvalue weighted by atomic mass is 9.97. The number of halogens is 5. The van der Waals surface area contributed by atoms with Crippen molar-refractivity contribution in [2.45, 2.75) is 13.0 Å². The van der Waals surface area contributed by atoms with Crippen molar-refractivity contribution in [1.29, 1.82) is 0 Å². The second-order valence-electron chi connectivity index (χ2n) is 4.44. The van der Waals surface area contributed by atoms with Crippen molar-refractivity contribution < 1.29 is 22.0 Å². The van der Waals surface area contributed by atoms with Crippen LogP contribution in [0.1, 0.15) is 24.1 Å². The van der Waals surface area contributed by atoms with E-state index in [0.717, 1.165) is 12.1 Å². The minimum atomic E-state index is -1.33. The van der Waals surface area contributed by atoms with Gasteiger partial charge < -0.3 is 5.32 Å². The number of hydrogen-bond donors (Lipinski definition) is 1. The van der Waals surface area contributed by atoms with E-state index in [1.54, 1.807) is 6.92 Å². The van der Waals surface area contributed by atoms with E-state index in [-0.39, 0.29) is 11.1 Å². The van der Waals surface area contributed by atoms with Crippen LogP contribution in [-0.4, -0.2) is 6.54 Å². The normalized spacial score (nSPS) is 12.5. The van der Waals surface area contributed by atoms with E-state index in [1.165, 1.54) is 0 Å². The number of hydrogen-bond acceptors (Lipinski definition) is 1. The maximum Gasteiger partial charge on any atom is 0.161 e. The highest BCUT2D eigenvalue weighted by molar-refractivity contribution is 5.34. The smallest absolute Gasteiger partial charge is 0.161 e. The molecule has 0 aliphatic carbocycles. The first-order valence-corrected chi connectivity index (χ1v) is 6.26. The Balaban J connectivity index is 2.55. The van der Waals surface area contributed by atoms with E-state index in [0.29, 0.717) is 24.7 Å². The van der Waals surface area contributed by atoms with E-state index in [1.807, 2.05) is 0 Å². The molecule has 1 N–H and O–H groups in total. The average molecular weight is 301 g/mol. The van der Waals surface area contributed by atoms with Crippen molar-refractivity contribution in [1.82, 2.24) is 5.32 Å². The van der Waals surface area contributed by atoms with Gasteiger partial charge in [0, 0.05) is 23.3 Å². The van der Waals surface area contributed by atoms with Gasteiger partial charge in [-0.2, -0.15) is 0 Å². The summed E-state index contributed by atoms with van der Waals surface area (Å²) in [6.07, 6.45) is 0. The summed E-state index contributed by atoms with van der Waals surface area (Å²) in [5.41, 5.74) is -0.301. The molecule has 0 saturated carbocycles. The zero-order valence-corrected chi connectivity index (χ0v) is 11.1. The quantitative estimate of drug-likeness (QED) is 0.663. The summed E-state index contributed by atoms with van der Waals surface area (Å²) in [5.74, 6) is -5.26. The monoisotopic (exact) mass is 301 g/mol. The fourth-order valence-corrected chi connectivity index (χ4v) is 2.09. The molecule has 0 radical (unpaired) electrons. The molecule has 1 unspecified atom stereocenters. The van der Waals surface area contributed by atoms with Crippen LogP contribution in [0, 0.1) is 29.1 Å². The van der Waals surface area contributed by atoms with E-state index in [2.05, 4.69) is 5.32 Å². The van der Waals surface area contributed by atoms with Crippen LogP contribution in [0.25, 0.3) is 0 Å². The molecule has 21 heavy (non-hydrogen) atoms. The van der Waals surface area contributed by atoms with E-state index in [9.17, 15) is 22.0 Å². The Labute approximate surface area is 118 Å². The van der Waals surface area contributed by atoms with Crippen molar-refractivity contribution >= 4 is 0 Å². The van der Waals surface area contributed by atoms with Crippen LogP contribution in [0.2, 0.25) is 0 Å². The Bertz CT molecular complexity index is 657. The molecule has 6 heteroatoms. The topological polar surface area (TPSA) is 12.0 Å². The number of nitrogens with one attached hydrogen (secondary N) is 1. The van der Waals surface area contributed by atoms with Gasteiger partial charge in [0.2, 0.25) is 0 Å². The Kier molecular flexibility index (Phi) is 4.57. The highest BCUT2D eigenvalue weighted by Crippen LogP contribution is 2.28. The molecule has 0 spiro atoms. The van der Waals surface area contributed by atoms with Gasteiger partial charge in [0.25, 0.3) is 0 Å². The van der Waals surface area contributed by atoms with E-state index in [4.69, 9.17) is 0 Å². The van der Waals surface area contributed by atoms with E-state index >= 15 is 0 Å². The number of rotatable bonds is 4. The second-order valence-corrected chi connectivity index (χ2v) is 4.44. The average Bonchev–Trinajstić information content (AvgIpc) is 2.41. The molecular weight excluding hydrogens is 289 g/mol. The minimum Gasteiger partial charge on any atom is -0.306 e. The van der Waals surface area contributed by atoms with Gasteiger partial charge in [0.15, 0.2) is 11.6 Å². The first kappa shape index (κ1) is 15.4. The molecule has 0 heterocycles. The first-order chi connectivity index (χ1) is 9.93. The summed E-state index contributed by atoms with van der Waals surface area (Å²) >= 11 is 0. The summed E-state index contributed by atoms with van der Waals surface area (Å²) in [7, 11) is 0. The summed E-state index contributed by atoms with van der Waals surface area (Å²) in [6.45, 7) is 2.01. The zero-order valence-electron chi connectivity index (χ0n) is 11.1. The van der Waals surface area contributed by atoms with Crippen LogP contribution in [0.5, 0.6) is 0 Å². The zero-order chi connectivity index (χ0) is 15.6. The van der Waals surface area contributed by atoms with Crippen LogP contribution in [-0.2, 0) is 0 Å². The maximum absolute atomic E-state index is 13.9. The van der Waals surface area contributed by atoms with Crippen LogP contribution in [0.4, 0.5) is 22.0 Å². The summed E-state index contributed by atoms with van der Waals surface area (Å²) in [5, 5.41) is 2.77. The molecule has 2 rings (SSSR count). The molecular formula is C15H12F5N. The third-order valence-corrected chi connectivity index (χ3v) is 3.03. The van der Waals surface area contributed by atoms with Crippen LogP contribution in [0.3, 0.4) is 0 Å². The fraction of sp³-hybridized carbons (Fsp3) is 0.200. The van der Waals surface area contributed by atoms with Crippen molar-refractivity contribution in [3.63, 3.8) is 0 Å². The molecule has 0 bridgehead atoms. The van der Waals surface area contributed by atoms with Crippen LogP contribution in [0.15, 0.2) is 30.3 Å². The molecule has 1 atom stereocenters. The van der Waals surface area contributed by atoms with Gasteiger partial charge in [0.1, 0.15) is 17.5 Å². The fourth-order valence-electron chi connectivity index (χ4n) is 2.09. The Morgan fingerprint density at radius 3 is 2.05 bits per heavy atom. The Hall–Kier alpha value is -1.95. The summed E-state index contributed by atoms with van der Waals surface area (Å²) in [4.78, 5) is 0. The molecule has 0 amide bonds. The molecule has 0 fully saturated rings. The van der Waals surface area contributed by atoms with Gasteiger partial charge in [-0.1, -0.05) is 13.0 Å². The molecule has 112 valence electrons. The SMILES string of the molecule is CCNC(c1ccc(F)cc1F)c1cc(F)c(F)cc1F. The largest absolute Gasteiger partial charge is 0.306 e. The predicted octanol–water partition coefficient (Wildman–Crippen LogP) is 4.08. The van der Waals surface area contributed by atoms with Crippen LogP contribution >= 0.6 is 0 Å². The lowest BCUT2D eigenvalue weighted by Crippen LogP contribution is -2.24. The second kappa shape index (κ2) is 6.22. The molecule has 0 saturated heterocycles. The van der Waals surface area contributed by atoms with Gasteiger partial charge in [0.05, 0.1) is 6.04 Å². The summed E-state index contributed by atoms with van der Waals surface area (Å²) < 4.78 is 67.0. The summed E-state index contributed by atoms with van der Waals surface area (Å²) in [6, 6.07) is 2.82. The van der Waals surface area contributed by atoms with Crippen molar-refractivity contribution in [2.24, 2.45) is 0 Å². The lowest BCUT2D eigenvalue weighted by Gasteiger charge is -2.20. The molecule has 2 aromatic carbocycles. The Morgan fingerprint density at radius 2 is 1.43 bits per heavy atom. The minimum absolute atomic E-state index is 0.0526. The molecule has 0 aliphatic heterocycles. The van der Waals surface area contributed by atoms with Crippen LogP contribution < -0.4 is 5.32 Å². The highest BCUT2D eigenvalue weighted by atomic mass is 19.2. The molecule has 0 aromatic heterocycles. The van der Waals surface area contributed by atoms with Crippen molar-refractivity contribution in [3.8, 4) is 0 Å². The third kappa shape index (κ3) is 3.21. The third-order valence-electron chi connectivity index (χ3n) is 3.03. The van der Waals surface area contributed by atoms with Gasteiger partial charge in [-0.3, -0.25) is 0 Å². The molecule has 1 nitrogen and oxygen atoms in total. The van der Waals surface area contributed by atoms with Gasteiger partial charge in [-0.05, 0) is 18.7 Å². The van der Waals surface area contributed by atoms with Gasteiger partial charge in [-0.15, -0.1) is 0 Å². The van der Waals surface area contributed by atoms with Gasteiger partial charge >= 0.3 is 0 Å². The lowest BCUT2D eigenvalue weighted by molar-refractivity contribution is 0.476. The highest BCUT2D eigenvalue weighted by Gasteiger charge is 2.22. The molecule has 0 aliphatic rings. The molecule has 2 aromatic rings. The standard InChI is InChI=1S/C15H12F5N/c1-2-21-15(9-4-3-8(16)5-11(9)17)10-6-13(19)14(20)7-12(10)18/h3-7,15,21H,2H2,1H3. The first-order valence-electron chi connectivity index (χ1n) is 6.26. The van der Waals surface area contributed by atoms with Crippen molar-refractivity contribution in [2.75, 3.05) is 6.54 Å². The van der Waals surface area contributed by atoms with E-state index < -0.39 is 35.1 Å². The Morgan fingerprint density at radius 1 is 0.810 bits per heavy atom. The predicted molar refractivity (Wildman–Crippen MR) is 68.2 cm³/mol.